The van der Waals surface area contributed by atoms with E-state index in [1.165, 1.54) is 84.0 Å². The molecule has 2 nitrogen and oxygen atoms in total. The van der Waals surface area contributed by atoms with E-state index in [0.717, 1.165) is 29.7 Å². The van der Waals surface area contributed by atoms with Crippen LogP contribution in [0.3, 0.4) is 0 Å². The Morgan fingerprint density at radius 2 is 1.68 bits per heavy atom. The molecule has 5 fully saturated rings. The van der Waals surface area contributed by atoms with Crippen LogP contribution >= 0.6 is 0 Å². The second-order valence-corrected chi connectivity index (χ2v) is 11.7. The average molecular weight is 385 g/mol. The van der Waals surface area contributed by atoms with E-state index in [1.54, 1.807) is 0 Å². The number of allylic oxidation sites excluding steroid dienone is 2. The average Bonchev–Trinajstić information content (AvgIpc) is 3.04. The monoisotopic (exact) mass is 384 g/mol. The van der Waals surface area contributed by atoms with E-state index in [9.17, 15) is 0 Å². The topological polar surface area (TPSA) is 6.48 Å². The second kappa shape index (κ2) is 7.12. The van der Waals surface area contributed by atoms with E-state index in [4.69, 9.17) is 0 Å². The Bertz CT molecular complexity index is 618. The lowest BCUT2D eigenvalue weighted by atomic mass is 9.45. The molecule has 1 saturated heterocycles. The molecule has 28 heavy (non-hydrogen) atoms. The van der Waals surface area contributed by atoms with Gasteiger partial charge >= 0.3 is 0 Å². The molecule has 0 amide bonds. The zero-order chi connectivity index (χ0) is 19.5. The van der Waals surface area contributed by atoms with Crippen LogP contribution in [0, 0.1) is 34.5 Å². The van der Waals surface area contributed by atoms with Crippen LogP contribution < -0.4 is 0 Å². The Labute approximate surface area is 174 Å². The van der Waals surface area contributed by atoms with E-state index in [0.29, 0.717) is 10.8 Å². The molecule has 2 heteroatoms. The van der Waals surface area contributed by atoms with Gasteiger partial charge in [-0.05, 0) is 106 Å². The predicted octanol–water partition coefficient (Wildman–Crippen LogP) is 5.59. The number of nitrogens with zero attached hydrogens (tertiary/aromatic N) is 2. The Hall–Kier alpha value is -0.340. The molecule has 1 aliphatic heterocycles. The number of hydrogen-bond acceptors (Lipinski definition) is 2. The molecule has 5 aliphatic rings. The maximum Gasteiger partial charge on any atom is 0.0113 e. The lowest BCUT2D eigenvalue weighted by molar-refractivity contribution is -0.112. The van der Waals surface area contributed by atoms with Gasteiger partial charge < -0.3 is 4.90 Å². The van der Waals surface area contributed by atoms with Crippen LogP contribution in [-0.2, 0) is 0 Å². The minimum atomic E-state index is 0.552. The van der Waals surface area contributed by atoms with Crippen LogP contribution in [0.15, 0.2) is 11.6 Å². The van der Waals surface area contributed by atoms with Gasteiger partial charge in [-0.25, -0.2) is 0 Å². The van der Waals surface area contributed by atoms with Crippen LogP contribution in [0.5, 0.6) is 0 Å². The third kappa shape index (κ3) is 2.88. The zero-order valence-electron chi connectivity index (χ0n) is 19.1. The number of piperazine rings is 1. The van der Waals surface area contributed by atoms with Gasteiger partial charge in [0.1, 0.15) is 0 Å². The van der Waals surface area contributed by atoms with Crippen molar-refractivity contribution in [2.24, 2.45) is 34.5 Å². The van der Waals surface area contributed by atoms with Crippen LogP contribution in [0.2, 0.25) is 0 Å². The molecule has 0 aromatic carbocycles. The van der Waals surface area contributed by atoms with E-state index >= 15 is 0 Å². The van der Waals surface area contributed by atoms with Crippen molar-refractivity contribution >= 4 is 0 Å². The molecule has 0 spiro atoms. The summed E-state index contributed by atoms with van der Waals surface area (Å²) in [7, 11) is 2.29. The summed E-state index contributed by atoms with van der Waals surface area (Å²) in [5, 5.41) is 0. The number of hydrogen-bond donors (Lipinski definition) is 0. The number of fused-ring (bicyclic) bond motifs is 5. The lowest BCUT2D eigenvalue weighted by Crippen LogP contribution is -2.56. The standard InChI is InChI=1S/C26H44N2/c1-5-19-7-9-23-22-8-6-20-18-21(28-16-14-27(4)15-17-28)10-12-26(20,3)24(22)11-13-25(19,23)2/h5,20-24H,6-18H2,1-4H3/b19-5-/t20?,21-,22?,23?,24?,25+,26-/m0/s1. The molecule has 4 saturated carbocycles. The second-order valence-electron chi connectivity index (χ2n) is 11.7. The Morgan fingerprint density at radius 1 is 0.893 bits per heavy atom. The highest BCUT2D eigenvalue weighted by atomic mass is 15.3. The molecule has 5 rings (SSSR count). The first-order chi connectivity index (χ1) is 13.5. The van der Waals surface area contributed by atoms with Gasteiger partial charge in [-0.1, -0.05) is 25.5 Å². The highest BCUT2D eigenvalue weighted by molar-refractivity contribution is 5.23. The molecule has 0 aromatic rings. The van der Waals surface area contributed by atoms with Crippen molar-refractivity contribution < 1.29 is 0 Å². The lowest BCUT2D eigenvalue weighted by Gasteiger charge is -2.61. The fourth-order valence-electron chi connectivity index (χ4n) is 9.08. The van der Waals surface area contributed by atoms with Crippen LogP contribution in [-0.4, -0.2) is 49.1 Å². The molecule has 0 radical (unpaired) electrons. The van der Waals surface area contributed by atoms with Gasteiger partial charge in [-0.15, -0.1) is 0 Å². The summed E-state index contributed by atoms with van der Waals surface area (Å²) in [5.74, 6) is 4.04. The fourth-order valence-corrected chi connectivity index (χ4v) is 9.08. The summed E-state index contributed by atoms with van der Waals surface area (Å²) in [5.41, 5.74) is 3.00. The van der Waals surface area contributed by atoms with E-state index < -0.39 is 0 Å². The molecule has 158 valence electrons. The molecule has 4 aliphatic carbocycles. The molecule has 7 atom stereocenters. The van der Waals surface area contributed by atoms with Gasteiger partial charge in [0.05, 0.1) is 0 Å². The van der Waals surface area contributed by atoms with Gasteiger partial charge in [0.15, 0.2) is 0 Å². The largest absolute Gasteiger partial charge is 0.304 e. The zero-order valence-corrected chi connectivity index (χ0v) is 19.1. The number of rotatable bonds is 1. The highest BCUT2D eigenvalue weighted by Gasteiger charge is 2.59. The first-order valence-corrected chi connectivity index (χ1v) is 12.5. The van der Waals surface area contributed by atoms with Gasteiger partial charge in [0.2, 0.25) is 0 Å². The van der Waals surface area contributed by atoms with Gasteiger partial charge in [-0.3, -0.25) is 4.90 Å². The van der Waals surface area contributed by atoms with Crippen molar-refractivity contribution in [1.82, 2.24) is 9.80 Å². The van der Waals surface area contributed by atoms with Crippen LogP contribution in [0.1, 0.15) is 78.6 Å². The molecule has 0 bridgehead atoms. The maximum absolute atomic E-state index is 2.86. The molecule has 0 aromatic heterocycles. The minimum Gasteiger partial charge on any atom is -0.304 e. The maximum atomic E-state index is 2.86. The third-order valence-corrected chi connectivity index (χ3v) is 10.9. The van der Waals surface area contributed by atoms with Crippen molar-refractivity contribution in [3.8, 4) is 0 Å². The summed E-state index contributed by atoms with van der Waals surface area (Å²) in [6.07, 6.45) is 15.9. The molecule has 0 N–H and O–H groups in total. The van der Waals surface area contributed by atoms with Crippen molar-refractivity contribution in [1.29, 1.82) is 0 Å². The normalized spacial score (nSPS) is 51.6. The highest BCUT2D eigenvalue weighted by Crippen LogP contribution is 2.67. The van der Waals surface area contributed by atoms with Crippen molar-refractivity contribution in [2.45, 2.75) is 84.6 Å². The Morgan fingerprint density at radius 3 is 2.43 bits per heavy atom. The Kier molecular flexibility index (Phi) is 4.99. The Balaban J connectivity index is 1.31. The van der Waals surface area contributed by atoms with E-state index in [2.05, 4.69) is 43.7 Å². The number of likely N-dealkylation sites (N-methyl/N-ethyl adjacent to an activating group) is 1. The molecular formula is C26H44N2. The summed E-state index contributed by atoms with van der Waals surface area (Å²) in [6, 6.07) is 0.887. The summed E-state index contributed by atoms with van der Waals surface area (Å²) >= 11 is 0. The first kappa shape index (κ1) is 19.6. The summed E-state index contributed by atoms with van der Waals surface area (Å²) in [6.45, 7) is 12.8. The minimum absolute atomic E-state index is 0.552. The SMILES string of the molecule is C/C=C1/CCC2C3CCC4C[C@@H](N5CCN(C)CC5)CC[C@]4(C)C3CC[C@]12C. The third-order valence-electron chi connectivity index (χ3n) is 10.9. The van der Waals surface area contributed by atoms with Crippen LogP contribution in [0.4, 0.5) is 0 Å². The smallest absolute Gasteiger partial charge is 0.0113 e. The molecular weight excluding hydrogens is 340 g/mol. The van der Waals surface area contributed by atoms with E-state index in [1.807, 2.05) is 5.57 Å². The fraction of sp³-hybridized carbons (Fsp3) is 0.923. The van der Waals surface area contributed by atoms with Crippen LogP contribution in [0.25, 0.3) is 0 Å². The van der Waals surface area contributed by atoms with E-state index in [-0.39, 0.29) is 0 Å². The van der Waals surface area contributed by atoms with Crippen molar-refractivity contribution in [3.05, 3.63) is 11.6 Å². The molecule has 4 unspecified atom stereocenters. The molecule has 1 heterocycles. The van der Waals surface area contributed by atoms with Gasteiger partial charge in [0.25, 0.3) is 0 Å². The van der Waals surface area contributed by atoms with Gasteiger partial charge in [0, 0.05) is 32.2 Å². The van der Waals surface area contributed by atoms with Crippen molar-refractivity contribution in [3.63, 3.8) is 0 Å². The summed E-state index contributed by atoms with van der Waals surface area (Å²) in [4.78, 5) is 5.37. The summed E-state index contributed by atoms with van der Waals surface area (Å²) < 4.78 is 0. The van der Waals surface area contributed by atoms with Gasteiger partial charge in [-0.2, -0.15) is 0 Å². The predicted molar refractivity (Wildman–Crippen MR) is 118 cm³/mol. The first-order valence-electron chi connectivity index (χ1n) is 12.5. The quantitative estimate of drug-likeness (QED) is 0.544. The van der Waals surface area contributed by atoms with Crippen molar-refractivity contribution in [2.75, 3.05) is 33.2 Å².